The number of ether oxygens (including phenoxy) is 2. The molecule has 79 heavy (non-hydrogen) atoms. The first-order valence-electron chi connectivity index (χ1n) is 25.5. The molecule has 10 rings (SSSR count). The number of amidine groups is 1. The molecule has 18 heteroatoms. The molecule has 0 spiro atoms. The van der Waals surface area contributed by atoms with Gasteiger partial charge in [0.15, 0.2) is 23.1 Å². The van der Waals surface area contributed by atoms with Gasteiger partial charge in [-0.05, 0) is 79.6 Å². The highest BCUT2D eigenvalue weighted by Crippen LogP contribution is 2.35. The smallest absolute Gasteiger partial charge is 0.268 e. The van der Waals surface area contributed by atoms with E-state index in [2.05, 4.69) is 66.5 Å². The molecule has 3 N–H and O–H groups in total. The summed E-state index contributed by atoms with van der Waals surface area (Å²) in [5.74, 6) is -0.397. The van der Waals surface area contributed by atoms with E-state index in [1.165, 1.54) is 30.6 Å². The lowest BCUT2D eigenvalue weighted by molar-refractivity contribution is -0.118. The third-order valence-corrected chi connectivity index (χ3v) is 13.0. The second kappa shape index (κ2) is 22.3. The molecule has 9 aromatic rings. The van der Waals surface area contributed by atoms with Crippen molar-refractivity contribution in [1.29, 1.82) is 0 Å². The Balaban J connectivity index is 0.000000192. The number of nitrogens with zero attached hydrogens (tertiary/aromatic N) is 8. The maximum atomic E-state index is 15.1. The number of hydrogen-bond donors (Lipinski definition) is 2. The van der Waals surface area contributed by atoms with Crippen molar-refractivity contribution in [3.05, 3.63) is 200 Å². The summed E-state index contributed by atoms with van der Waals surface area (Å²) in [5, 5.41) is 9.56. The largest absolute Gasteiger partial charge is 0.457 e. The Morgan fingerprint density at radius 3 is 1.59 bits per heavy atom. The number of halogens is 2. The number of benzene rings is 4. The van der Waals surface area contributed by atoms with Crippen LogP contribution in [0.1, 0.15) is 92.1 Å². The third kappa shape index (κ3) is 12.9. The van der Waals surface area contributed by atoms with Crippen LogP contribution in [0, 0.1) is 25.5 Å². The number of hydrogen-bond acceptors (Lipinski definition) is 13. The summed E-state index contributed by atoms with van der Waals surface area (Å²) in [6, 6.07) is 31.7. The number of pyridine rings is 2. The van der Waals surface area contributed by atoms with Gasteiger partial charge in [0, 0.05) is 79.1 Å². The van der Waals surface area contributed by atoms with E-state index in [1.54, 1.807) is 39.7 Å². The molecule has 0 saturated carbocycles. The number of fused-ring (bicyclic) bond motifs is 2. The molecule has 402 valence electrons. The van der Waals surface area contributed by atoms with E-state index in [4.69, 9.17) is 25.4 Å². The Hall–Kier alpha value is -9.32. The van der Waals surface area contributed by atoms with Crippen LogP contribution in [-0.4, -0.2) is 62.7 Å². The van der Waals surface area contributed by atoms with Crippen LogP contribution in [-0.2, 0) is 57.3 Å². The molecule has 0 saturated heterocycles. The molecule has 0 amide bonds. The van der Waals surface area contributed by atoms with Crippen LogP contribution in [0.2, 0.25) is 0 Å². The van der Waals surface area contributed by atoms with Gasteiger partial charge in [-0.1, -0.05) is 89.1 Å². The molecular formula is C61H58F2N10O6. The van der Waals surface area contributed by atoms with Gasteiger partial charge < -0.3 is 20.2 Å². The first-order valence-corrected chi connectivity index (χ1v) is 25.5. The Labute approximate surface area is 454 Å². The van der Waals surface area contributed by atoms with E-state index in [0.717, 1.165) is 51.5 Å². The number of H-pyrrole nitrogens is 1. The van der Waals surface area contributed by atoms with Gasteiger partial charge in [-0.25, -0.2) is 38.1 Å². The number of carbonyl (C=O) groups excluding carboxylic acids is 3. The normalized spacial score (nSPS) is 12.4. The van der Waals surface area contributed by atoms with Crippen LogP contribution >= 0.6 is 0 Å². The number of carbonyl (C=O) groups is 3. The van der Waals surface area contributed by atoms with Crippen LogP contribution < -0.4 is 20.8 Å². The van der Waals surface area contributed by atoms with Gasteiger partial charge in [0.1, 0.15) is 46.0 Å². The Bertz CT molecular complexity index is 3890. The molecule has 0 radical (unpaired) electrons. The van der Waals surface area contributed by atoms with Crippen LogP contribution in [0.5, 0.6) is 23.0 Å². The van der Waals surface area contributed by atoms with Gasteiger partial charge in [-0.3, -0.25) is 19.2 Å². The van der Waals surface area contributed by atoms with Crippen LogP contribution in [0.3, 0.4) is 0 Å². The standard InChI is InChI=1S/C31H30FN5O3.C30H28FN5O3/c1-18-5-8-20(9-6-18)37-21(15-28(36-37)31(2,3)4)14-22(38)13-19-7-10-23(16-25(19)32)40-27-11-12-34-30-24(27)17-26(39)29(33)35-30;1-18-5-8-20(9-6-18)36-21(15-26(35-36)30(2,3)4)14-22(37)13-19-7-10-23(16-24(19)31)39-25-11-12-32-29-28(25)33-17-27(38)34-29/h5-12,15-16H,13-14,17H2,1-4H3,(H2,33,34,35);5-12,15-17H,13-14H2,1-4H3,(H,32,34,38). The third-order valence-electron chi connectivity index (χ3n) is 13.0. The zero-order valence-electron chi connectivity index (χ0n) is 45.0. The summed E-state index contributed by atoms with van der Waals surface area (Å²) in [5.41, 5.74) is 13.7. The lowest BCUT2D eigenvalue weighted by Crippen LogP contribution is -2.28. The first kappa shape index (κ1) is 54.5. The van der Waals surface area contributed by atoms with Crippen LogP contribution in [0.15, 0.2) is 138 Å². The van der Waals surface area contributed by atoms with E-state index in [0.29, 0.717) is 28.4 Å². The van der Waals surface area contributed by atoms with E-state index >= 15 is 8.78 Å². The monoisotopic (exact) mass is 1060 g/mol. The molecular weight excluding hydrogens is 1010 g/mol. The van der Waals surface area contributed by atoms with Gasteiger partial charge in [-0.15, -0.1) is 0 Å². The maximum Gasteiger partial charge on any atom is 0.268 e. The number of Topliss-reactive ketones (excluding diaryl/α,β-unsaturated/α-hetero) is 3. The second-order valence-corrected chi connectivity index (χ2v) is 21.5. The lowest BCUT2D eigenvalue weighted by Gasteiger charge is -2.16. The van der Waals surface area contributed by atoms with Crippen molar-refractivity contribution in [2.24, 2.45) is 10.7 Å². The predicted molar refractivity (Wildman–Crippen MR) is 296 cm³/mol. The highest BCUT2D eigenvalue weighted by atomic mass is 19.1. The van der Waals surface area contributed by atoms with Crippen molar-refractivity contribution in [3.63, 3.8) is 0 Å². The molecule has 0 fully saturated rings. The number of aromatic nitrogens is 8. The van der Waals surface area contributed by atoms with E-state index in [9.17, 15) is 19.2 Å². The average molecular weight is 1070 g/mol. The number of aromatic amines is 1. The molecule has 6 heterocycles. The number of aryl methyl sites for hydroxylation is 2. The zero-order valence-corrected chi connectivity index (χ0v) is 45.0. The Morgan fingerprint density at radius 1 is 0.620 bits per heavy atom. The molecule has 16 nitrogen and oxygen atoms in total. The van der Waals surface area contributed by atoms with Crippen molar-refractivity contribution in [2.45, 2.75) is 98.3 Å². The number of ketones is 3. The van der Waals surface area contributed by atoms with Crippen LogP contribution in [0.25, 0.3) is 22.5 Å². The first-order chi connectivity index (χ1) is 37.5. The van der Waals surface area contributed by atoms with Crippen molar-refractivity contribution >= 4 is 40.2 Å². The van der Waals surface area contributed by atoms with Crippen molar-refractivity contribution in [2.75, 3.05) is 0 Å². The summed E-state index contributed by atoms with van der Waals surface area (Å²) in [4.78, 5) is 68.6. The topological polar surface area (TPSA) is 215 Å². The van der Waals surface area contributed by atoms with E-state index in [1.807, 2.05) is 74.5 Å². The fraction of sp³-hybridized carbons (Fsp3) is 0.246. The molecule has 0 atom stereocenters. The second-order valence-electron chi connectivity index (χ2n) is 21.5. The highest BCUT2D eigenvalue weighted by Gasteiger charge is 2.26. The van der Waals surface area contributed by atoms with Gasteiger partial charge in [-0.2, -0.15) is 10.2 Å². The number of nitrogens with two attached hydrogens (primary N) is 1. The lowest BCUT2D eigenvalue weighted by atomic mass is 9.92. The van der Waals surface area contributed by atoms with Crippen LogP contribution in [0.4, 0.5) is 14.6 Å². The number of rotatable bonds is 14. The maximum absolute atomic E-state index is 15.1. The number of aliphatic imine (C=N–C) groups is 1. The average Bonchev–Trinajstić information content (AvgIpc) is 4.10. The molecule has 1 aliphatic heterocycles. The van der Waals surface area contributed by atoms with Crippen molar-refractivity contribution in [1.82, 2.24) is 39.5 Å². The minimum absolute atomic E-state index is 0.000985. The fourth-order valence-corrected chi connectivity index (χ4v) is 8.58. The predicted octanol–water partition coefficient (Wildman–Crippen LogP) is 10.7. The van der Waals surface area contributed by atoms with E-state index < -0.39 is 11.6 Å². The van der Waals surface area contributed by atoms with Crippen molar-refractivity contribution < 1.29 is 32.6 Å². The summed E-state index contributed by atoms with van der Waals surface area (Å²) in [6.45, 7) is 16.5. The molecule has 5 aromatic heterocycles. The Morgan fingerprint density at radius 2 is 1.10 bits per heavy atom. The molecule has 4 aromatic carbocycles. The van der Waals surface area contributed by atoms with Gasteiger partial charge in [0.2, 0.25) is 5.78 Å². The molecule has 0 bridgehead atoms. The summed E-state index contributed by atoms with van der Waals surface area (Å²) < 4.78 is 45.4. The quantitative estimate of drug-likeness (QED) is 0.104. The minimum atomic E-state index is -0.561. The number of nitrogens with one attached hydrogen (secondary N) is 1. The Kier molecular flexibility index (Phi) is 15.4. The highest BCUT2D eigenvalue weighted by molar-refractivity contribution is 6.40. The molecule has 1 aliphatic rings. The molecule has 0 unspecified atom stereocenters. The minimum Gasteiger partial charge on any atom is -0.457 e. The van der Waals surface area contributed by atoms with Crippen molar-refractivity contribution in [3.8, 4) is 34.4 Å². The van der Waals surface area contributed by atoms with Gasteiger partial charge in [0.05, 0.1) is 40.3 Å². The summed E-state index contributed by atoms with van der Waals surface area (Å²) >= 11 is 0. The summed E-state index contributed by atoms with van der Waals surface area (Å²) in [6.07, 6.45) is 4.14. The SMILES string of the molecule is Cc1ccc(-n2nc(C(C)(C)C)cc2CC(=O)Cc2ccc(Oc3ccnc4[nH]c(=O)cnc34)cc2F)cc1.Cc1ccc(-n2nc(C(C)(C)C)cc2CC(=O)Cc2ccc(Oc3ccnc4c3CC(=O)C(N)=N4)cc2F)cc1. The zero-order chi connectivity index (χ0) is 56.3. The van der Waals surface area contributed by atoms with Gasteiger partial charge in [0.25, 0.3) is 5.56 Å². The van der Waals surface area contributed by atoms with Gasteiger partial charge >= 0.3 is 0 Å². The molecule has 0 aliphatic carbocycles. The fourth-order valence-electron chi connectivity index (χ4n) is 8.58. The van der Waals surface area contributed by atoms with E-state index in [-0.39, 0.29) is 100.0 Å². The summed E-state index contributed by atoms with van der Waals surface area (Å²) in [7, 11) is 0.